The van der Waals surface area contributed by atoms with E-state index in [4.69, 9.17) is 11.5 Å². The number of aromatic nitrogens is 1. The van der Waals surface area contributed by atoms with Gasteiger partial charge in [0.25, 0.3) is 5.91 Å². The molecule has 2 unspecified atom stereocenters. The summed E-state index contributed by atoms with van der Waals surface area (Å²) < 4.78 is 0. The highest BCUT2D eigenvalue weighted by molar-refractivity contribution is 5.98. The van der Waals surface area contributed by atoms with E-state index in [9.17, 15) is 4.79 Å². The number of nitrogens with zero attached hydrogens (tertiary/aromatic N) is 3. The number of carbonyl (C=O) groups is 1. The molecule has 6 heteroatoms. The predicted octanol–water partition coefficient (Wildman–Crippen LogP) is 0.436. The number of fused-ring (bicyclic) bond motifs is 2. The van der Waals surface area contributed by atoms with E-state index in [1.165, 1.54) is 12.8 Å². The SMILES string of the molecule is CN1C2CCC1CN(c1ncc(N)cc1C(N)=O)CC2. The molecule has 20 heavy (non-hydrogen) atoms. The van der Waals surface area contributed by atoms with Gasteiger partial charge >= 0.3 is 0 Å². The Morgan fingerprint density at radius 3 is 2.85 bits per heavy atom. The van der Waals surface area contributed by atoms with Gasteiger partial charge in [-0.2, -0.15) is 0 Å². The summed E-state index contributed by atoms with van der Waals surface area (Å²) in [5.74, 6) is 0.204. The monoisotopic (exact) mass is 275 g/mol. The van der Waals surface area contributed by atoms with Crippen molar-refractivity contribution in [3.05, 3.63) is 17.8 Å². The van der Waals surface area contributed by atoms with Gasteiger partial charge in [0, 0.05) is 25.2 Å². The third-order valence-electron chi connectivity index (χ3n) is 4.60. The molecule has 6 nitrogen and oxygen atoms in total. The Balaban J connectivity index is 1.91. The van der Waals surface area contributed by atoms with Crippen molar-refractivity contribution in [1.82, 2.24) is 9.88 Å². The molecule has 0 aromatic carbocycles. The van der Waals surface area contributed by atoms with E-state index < -0.39 is 5.91 Å². The summed E-state index contributed by atoms with van der Waals surface area (Å²) >= 11 is 0. The van der Waals surface area contributed by atoms with Gasteiger partial charge in [0.1, 0.15) is 5.82 Å². The highest BCUT2D eigenvalue weighted by Gasteiger charge is 2.35. The summed E-state index contributed by atoms with van der Waals surface area (Å²) in [6.07, 6.45) is 5.16. The minimum atomic E-state index is -0.470. The number of carbonyl (C=O) groups excluding carboxylic acids is 1. The quantitative estimate of drug-likeness (QED) is 0.817. The number of hydrogen-bond acceptors (Lipinski definition) is 5. The number of anilines is 2. The van der Waals surface area contributed by atoms with Gasteiger partial charge in [-0.05, 0) is 32.4 Å². The zero-order valence-corrected chi connectivity index (χ0v) is 11.7. The molecule has 1 aromatic heterocycles. The third-order valence-corrected chi connectivity index (χ3v) is 4.60. The second-order valence-corrected chi connectivity index (χ2v) is 5.79. The van der Waals surface area contributed by atoms with Crippen LogP contribution in [0, 0.1) is 0 Å². The van der Waals surface area contributed by atoms with Crippen LogP contribution in [0.15, 0.2) is 12.3 Å². The van der Waals surface area contributed by atoms with Crippen molar-refractivity contribution in [3.63, 3.8) is 0 Å². The molecule has 0 saturated carbocycles. The lowest BCUT2D eigenvalue weighted by Crippen LogP contribution is -2.37. The highest BCUT2D eigenvalue weighted by atomic mass is 16.1. The molecule has 2 atom stereocenters. The van der Waals surface area contributed by atoms with E-state index in [0.717, 1.165) is 19.5 Å². The van der Waals surface area contributed by atoms with E-state index in [-0.39, 0.29) is 0 Å². The van der Waals surface area contributed by atoms with Crippen LogP contribution < -0.4 is 16.4 Å². The Morgan fingerprint density at radius 1 is 1.35 bits per heavy atom. The van der Waals surface area contributed by atoms with Crippen LogP contribution in [0.3, 0.4) is 0 Å². The van der Waals surface area contributed by atoms with Crippen LogP contribution in [0.25, 0.3) is 0 Å². The Hall–Kier alpha value is -1.82. The highest BCUT2D eigenvalue weighted by Crippen LogP contribution is 2.31. The van der Waals surface area contributed by atoms with Crippen LogP contribution in [-0.4, -0.2) is 48.0 Å². The van der Waals surface area contributed by atoms with Crippen molar-refractivity contribution in [2.24, 2.45) is 5.73 Å². The molecule has 2 aliphatic rings. The summed E-state index contributed by atoms with van der Waals surface area (Å²) in [7, 11) is 2.19. The summed E-state index contributed by atoms with van der Waals surface area (Å²) in [4.78, 5) is 20.6. The molecule has 0 spiro atoms. The Kier molecular flexibility index (Phi) is 3.25. The first kappa shape index (κ1) is 13.2. The maximum Gasteiger partial charge on any atom is 0.252 e. The smallest absolute Gasteiger partial charge is 0.252 e. The van der Waals surface area contributed by atoms with Gasteiger partial charge in [-0.3, -0.25) is 9.69 Å². The minimum absolute atomic E-state index is 0.422. The van der Waals surface area contributed by atoms with Crippen LogP contribution in [-0.2, 0) is 0 Å². The van der Waals surface area contributed by atoms with Gasteiger partial charge in [-0.1, -0.05) is 0 Å². The average Bonchev–Trinajstić information content (AvgIpc) is 2.64. The van der Waals surface area contributed by atoms with Crippen molar-refractivity contribution in [3.8, 4) is 0 Å². The van der Waals surface area contributed by atoms with Crippen LogP contribution >= 0.6 is 0 Å². The number of rotatable bonds is 2. The zero-order chi connectivity index (χ0) is 14.3. The van der Waals surface area contributed by atoms with Crippen LogP contribution in [0.2, 0.25) is 0 Å². The zero-order valence-electron chi connectivity index (χ0n) is 11.7. The maximum atomic E-state index is 11.6. The lowest BCUT2D eigenvalue weighted by atomic mass is 10.1. The van der Waals surface area contributed by atoms with E-state index in [2.05, 4.69) is 21.8 Å². The van der Waals surface area contributed by atoms with Crippen molar-refractivity contribution >= 4 is 17.4 Å². The normalized spacial score (nSPS) is 26.6. The van der Waals surface area contributed by atoms with Crippen molar-refractivity contribution < 1.29 is 4.79 Å². The van der Waals surface area contributed by atoms with Gasteiger partial charge in [-0.25, -0.2) is 4.98 Å². The van der Waals surface area contributed by atoms with Gasteiger partial charge in [0.05, 0.1) is 17.4 Å². The fourth-order valence-corrected chi connectivity index (χ4v) is 3.41. The fourth-order valence-electron chi connectivity index (χ4n) is 3.41. The summed E-state index contributed by atoms with van der Waals surface area (Å²) in [5.41, 5.74) is 12.1. The molecule has 2 fully saturated rings. The van der Waals surface area contributed by atoms with E-state index in [1.807, 2.05) is 0 Å². The third kappa shape index (κ3) is 2.20. The molecule has 108 valence electrons. The average molecular weight is 275 g/mol. The molecule has 3 heterocycles. The lowest BCUT2D eigenvalue weighted by molar-refractivity contribution is 0.100. The van der Waals surface area contributed by atoms with Gasteiger partial charge in [0.15, 0.2) is 0 Å². The van der Waals surface area contributed by atoms with Crippen molar-refractivity contribution in [2.75, 3.05) is 30.8 Å². The Labute approximate surface area is 118 Å². The van der Waals surface area contributed by atoms with Crippen LogP contribution in [0.5, 0.6) is 0 Å². The van der Waals surface area contributed by atoms with Crippen molar-refractivity contribution in [2.45, 2.75) is 31.3 Å². The molecular weight excluding hydrogens is 254 g/mol. The predicted molar refractivity (Wildman–Crippen MR) is 78.6 cm³/mol. The van der Waals surface area contributed by atoms with E-state index in [0.29, 0.717) is 29.2 Å². The summed E-state index contributed by atoms with van der Waals surface area (Å²) in [6.45, 7) is 1.80. The number of amides is 1. The molecule has 3 rings (SSSR count). The number of nitrogen functional groups attached to an aromatic ring is 1. The number of primary amides is 1. The molecule has 2 aliphatic heterocycles. The molecule has 0 radical (unpaired) electrons. The second-order valence-electron chi connectivity index (χ2n) is 5.79. The first-order valence-corrected chi connectivity index (χ1v) is 7.08. The van der Waals surface area contributed by atoms with Crippen molar-refractivity contribution in [1.29, 1.82) is 0 Å². The molecular formula is C14H21N5O. The molecule has 1 aromatic rings. The number of likely N-dealkylation sites (N-methyl/N-ethyl adjacent to an activating group) is 1. The fraction of sp³-hybridized carbons (Fsp3) is 0.571. The summed E-state index contributed by atoms with van der Waals surface area (Å²) in [6, 6.07) is 2.80. The largest absolute Gasteiger partial charge is 0.397 e. The van der Waals surface area contributed by atoms with Gasteiger partial charge in [0.2, 0.25) is 0 Å². The number of hydrogen-bond donors (Lipinski definition) is 2. The minimum Gasteiger partial charge on any atom is -0.397 e. The molecule has 2 saturated heterocycles. The molecule has 0 aliphatic carbocycles. The lowest BCUT2D eigenvalue weighted by Gasteiger charge is -2.27. The number of pyridine rings is 1. The maximum absolute atomic E-state index is 11.6. The standard InChI is InChI=1S/C14H21N5O/c1-18-10-2-3-11(18)8-19(5-4-10)14-12(13(16)20)6-9(15)7-17-14/h6-7,10-11H,2-5,8,15H2,1H3,(H2,16,20). The summed E-state index contributed by atoms with van der Waals surface area (Å²) in [5, 5.41) is 0. The van der Waals surface area contributed by atoms with Gasteiger partial charge in [-0.15, -0.1) is 0 Å². The molecule has 4 N–H and O–H groups in total. The first-order valence-electron chi connectivity index (χ1n) is 7.08. The number of nitrogens with two attached hydrogens (primary N) is 2. The van der Waals surface area contributed by atoms with Crippen LogP contribution in [0.1, 0.15) is 29.6 Å². The van der Waals surface area contributed by atoms with E-state index in [1.54, 1.807) is 12.3 Å². The topological polar surface area (TPSA) is 88.5 Å². The van der Waals surface area contributed by atoms with Crippen LogP contribution in [0.4, 0.5) is 11.5 Å². The molecule has 1 amide bonds. The van der Waals surface area contributed by atoms with Gasteiger partial charge < -0.3 is 16.4 Å². The Morgan fingerprint density at radius 2 is 2.10 bits per heavy atom. The Bertz CT molecular complexity index is 532. The molecule has 2 bridgehead atoms. The first-order chi connectivity index (χ1) is 9.56. The van der Waals surface area contributed by atoms with E-state index >= 15 is 0 Å². The second kappa shape index (κ2) is 4.94.